The second kappa shape index (κ2) is 6.99. The number of fused-ring (bicyclic) bond motifs is 1. The third kappa shape index (κ3) is 3.77. The minimum atomic E-state index is -3.49. The molecule has 3 aromatic rings. The third-order valence-electron chi connectivity index (χ3n) is 4.17. The minimum absolute atomic E-state index is 0.175. The molecule has 2 aromatic heterocycles. The predicted molar refractivity (Wildman–Crippen MR) is 106 cm³/mol. The van der Waals surface area contributed by atoms with Crippen molar-refractivity contribution in [3.05, 3.63) is 48.3 Å². The average Bonchev–Trinajstić information content (AvgIpc) is 3.03. The molecule has 1 aromatic carbocycles. The lowest BCUT2D eigenvalue weighted by molar-refractivity contribution is 0.102. The topological polar surface area (TPSA) is 97.2 Å². The summed E-state index contributed by atoms with van der Waals surface area (Å²) in [5, 5.41) is 7.89. The van der Waals surface area contributed by atoms with E-state index in [0.717, 1.165) is 21.6 Å². The highest BCUT2D eigenvalue weighted by Crippen LogP contribution is 2.24. The van der Waals surface area contributed by atoms with E-state index in [1.807, 2.05) is 13.8 Å². The van der Waals surface area contributed by atoms with E-state index in [1.165, 1.54) is 7.05 Å². The molecule has 0 spiro atoms. The number of para-hydroxylation sites is 1. The summed E-state index contributed by atoms with van der Waals surface area (Å²) < 4.78 is 26.6. The van der Waals surface area contributed by atoms with E-state index < -0.39 is 15.9 Å². The van der Waals surface area contributed by atoms with E-state index in [0.29, 0.717) is 11.4 Å². The summed E-state index contributed by atoms with van der Waals surface area (Å²) in [7, 11) is -2.08. The SMILES string of the molecule is CC(C)n1ncc2cc(NC(=O)c3ccccc3N(C)S(C)(=O)=O)cnc21. The van der Waals surface area contributed by atoms with E-state index in [1.54, 1.807) is 47.4 Å². The molecule has 1 N–H and O–H groups in total. The van der Waals surface area contributed by atoms with Gasteiger partial charge in [-0.15, -0.1) is 0 Å². The lowest BCUT2D eigenvalue weighted by atomic mass is 10.1. The molecule has 0 saturated heterocycles. The fourth-order valence-corrected chi connectivity index (χ4v) is 3.22. The maximum absolute atomic E-state index is 12.7. The van der Waals surface area contributed by atoms with Gasteiger partial charge in [-0.05, 0) is 32.0 Å². The van der Waals surface area contributed by atoms with Gasteiger partial charge in [0.15, 0.2) is 5.65 Å². The average molecular weight is 387 g/mol. The second-order valence-electron chi connectivity index (χ2n) is 6.52. The van der Waals surface area contributed by atoms with Gasteiger partial charge < -0.3 is 5.32 Å². The Hall–Kier alpha value is -2.94. The third-order valence-corrected chi connectivity index (χ3v) is 5.36. The van der Waals surface area contributed by atoms with Gasteiger partial charge in [0, 0.05) is 18.5 Å². The molecule has 0 aliphatic carbocycles. The van der Waals surface area contributed by atoms with Crippen LogP contribution in [0.2, 0.25) is 0 Å². The number of amides is 1. The number of benzene rings is 1. The number of sulfonamides is 1. The Morgan fingerprint density at radius 1 is 1.22 bits per heavy atom. The monoisotopic (exact) mass is 387 g/mol. The van der Waals surface area contributed by atoms with Crippen LogP contribution in [0.4, 0.5) is 11.4 Å². The van der Waals surface area contributed by atoms with Crippen LogP contribution >= 0.6 is 0 Å². The molecule has 0 atom stereocenters. The molecule has 142 valence electrons. The molecule has 2 heterocycles. The van der Waals surface area contributed by atoms with Gasteiger partial charge in [0.25, 0.3) is 5.91 Å². The molecule has 9 heteroatoms. The second-order valence-corrected chi connectivity index (χ2v) is 8.54. The molecule has 0 bridgehead atoms. The van der Waals surface area contributed by atoms with Crippen molar-refractivity contribution in [3.63, 3.8) is 0 Å². The molecule has 0 aliphatic heterocycles. The van der Waals surface area contributed by atoms with Gasteiger partial charge in [-0.2, -0.15) is 5.10 Å². The molecule has 0 unspecified atom stereocenters. The van der Waals surface area contributed by atoms with Crippen LogP contribution < -0.4 is 9.62 Å². The first-order chi connectivity index (χ1) is 12.7. The van der Waals surface area contributed by atoms with Crippen LogP contribution in [0.1, 0.15) is 30.2 Å². The van der Waals surface area contributed by atoms with Crippen LogP contribution in [-0.4, -0.2) is 42.4 Å². The van der Waals surface area contributed by atoms with E-state index in [-0.39, 0.29) is 11.6 Å². The van der Waals surface area contributed by atoms with Crippen LogP contribution in [0.15, 0.2) is 42.7 Å². The van der Waals surface area contributed by atoms with Crippen molar-refractivity contribution < 1.29 is 13.2 Å². The molecule has 0 radical (unpaired) electrons. The van der Waals surface area contributed by atoms with Crippen molar-refractivity contribution in [2.75, 3.05) is 22.9 Å². The van der Waals surface area contributed by atoms with Gasteiger partial charge in [0.2, 0.25) is 10.0 Å². The van der Waals surface area contributed by atoms with Crippen LogP contribution in [0, 0.1) is 0 Å². The number of nitrogens with one attached hydrogen (secondary N) is 1. The Balaban J connectivity index is 1.91. The first kappa shape index (κ1) is 18.8. The lowest BCUT2D eigenvalue weighted by Gasteiger charge is -2.19. The van der Waals surface area contributed by atoms with Crippen molar-refractivity contribution in [2.45, 2.75) is 19.9 Å². The summed E-state index contributed by atoms with van der Waals surface area (Å²) >= 11 is 0. The van der Waals surface area contributed by atoms with Gasteiger partial charge >= 0.3 is 0 Å². The molecular weight excluding hydrogens is 366 g/mol. The van der Waals surface area contributed by atoms with E-state index in [9.17, 15) is 13.2 Å². The number of aromatic nitrogens is 3. The van der Waals surface area contributed by atoms with E-state index >= 15 is 0 Å². The van der Waals surface area contributed by atoms with Crippen LogP contribution in [-0.2, 0) is 10.0 Å². The first-order valence-corrected chi connectivity index (χ1v) is 10.2. The molecule has 1 amide bonds. The van der Waals surface area contributed by atoms with E-state index in [4.69, 9.17) is 0 Å². The van der Waals surface area contributed by atoms with Crippen LogP contribution in [0.3, 0.4) is 0 Å². The number of carbonyl (C=O) groups is 1. The highest BCUT2D eigenvalue weighted by Gasteiger charge is 2.20. The zero-order valence-electron chi connectivity index (χ0n) is 15.5. The minimum Gasteiger partial charge on any atom is -0.321 e. The number of rotatable bonds is 5. The largest absolute Gasteiger partial charge is 0.321 e. The molecule has 0 fully saturated rings. The van der Waals surface area contributed by atoms with Crippen molar-refractivity contribution in [3.8, 4) is 0 Å². The number of pyridine rings is 1. The van der Waals surface area contributed by atoms with Gasteiger partial charge in [-0.1, -0.05) is 12.1 Å². The van der Waals surface area contributed by atoms with Crippen LogP contribution in [0.5, 0.6) is 0 Å². The van der Waals surface area contributed by atoms with Gasteiger partial charge in [0.1, 0.15) is 0 Å². The number of hydrogen-bond donors (Lipinski definition) is 1. The highest BCUT2D eigenvalue weighted by atomic mass is 32.2. The summed E-state index contributed by atoms with van der Waals surface area (Å²) in [6.07, 6.45) is 4.35. The maximum atomic E-state index is 12.7. The summed E-state index contributed by atoms with van der Waals surface area (Å²) in [5.74, 6) is -0.418. The van der Waals surface area contributed by atoms with Gasteiger partial charge in [-0.3, -0.25) is 9.10 Å². The summed E-state index contributed by atoms with van der Waals surface area (Å²) in [4.78, 5) is 17.1. The molecular formula is C18H21N5O3S. The summed E-state index contributed by atoms with van der Waals surface area (Å²) in [6.45, 7) is 4.03. The number of anilines is 2. The Bertz CT molecular complexity index is 1110. The van der Waals surface area contributed by atoms with Crippen molar-refractivity contribution in [1.82, 2.24) is 14.8 Å². The van der Waals surface area contributed by atoms with Gasteiger partial charge in [0.05, 0.1) is 35.6 Å². The first-order valence-electron chi connectivity index (χ1n) is 8.36. The molecule has 0 aliphatic rings. The Morgan fingerprint density at radius 3 is 2.59 bits per heavy atom. The van der Waals surface area contributed by atoms with Crippen molar-refractivity contribution in [1.29, 1.82) is 0 Å². The number of hydrogen-bond acceptors (Lipinski definition) is 5. The zero-order valence-corrected chi connectivity index (χ0v) is 16.4. The smallest absolute Gasteiger partial charge is 0.257 e. The van der Waals surface area contributed by atoms with E-state index in [2.05, 4.69) is 15.4 Å². The summed E-state index contributed by atoms with van der Waals surface area (Å²) in [6, 6.07) is 8.49. The Kier molecular flexibility index (Phi) is 4.88. The normalized spacial score (nSPS) is 11.7. The fourth-order valence-electron chi connectivity index (χ4n) is 2.70. The quantitative estimate of drug-likeness (QED) is 0.726. The summed E-state index contributed by atoms with van der Waals surface area (Å²) in [5.41, 5.74) is 1.80. The lowest BCUT2D eigenvalue weighted by Crippen LogP contribution is -2.27. The molecule has 8 nitrogen and oxygen atoms in total. The van der Waals surface area contributed by atoms with Gasteiger partial charge in [-0.25, -0.2) is 18.1 Å². The molecule has 0 saturated carbocycles. The maximum Gasteiger partial charge on any atom is 0.257 e. The molecule has 27 heavy (non-hydrogen) atoms. The highest BCUT2D eigenvalue weighted by molar-refractivity contribution is 7.92. The number of nitrogens with zero attached hydrogens (tertiary/aromatic N) is 4. The standard InChI is InChI=1S/C18H21N5O3S/c1-12(2)23-17-13(10-20-23)9-14(11-19-17)21-18(24)15-7-5-6-8-16(15)22(3)27(4,25)26/h5-12H,1-4H3,(H,21,24). The zero-order chi connectivity index (χ0) is 19.8. The Morgan fingerprint density at radius 2 is 1.93 bits per heavy atom. The molecule has 3 rings (SSSR count). The fraction of sp³-hybridized carbons (Fsp3) is 0.278. The Labute approximate surface area is 157 Å². The van der Waals surface area contributed by atoms with Crippen molar-refractivity contribution >= 4 is 38.3 Å². The van der Waals surface area contributed by atoms with Crippen molar-refractivity contribution in [2.24, 2.45) is 0 Å². The predicted octanol–water partition coefficient (Wildman–Crippen LogP) is 2.66. The van der Waals surface area contributed by atoms with Crippen LogP contribution in [0.25, 0.3) is 11.0 Å². The number of carbonyl (C=O) groups excluding carboxylic acids is 1.